The van der Waals surface area contributed by atoms with Crippen LogP contribution in [0.2, 0.25) is 0 Å². The topological polar surface area (TPSA) is 237 Å². The average Bonchev–Trinajstić information content (AvgIpc) is 3.17. The van der Waals surface area contributed by atoms with Gasteiger partial charge < -0.3 is 40.8 Å². The largest absolute Gasteiger partial charge is 0.472 e. The third-order valence-corrected chi connectivity index (χ3v) is 10.2. The molecule has 2 unspecified atom stereocenters. The third-order valence-electron chi connectivity index (χ3n) is 8.26. The van der Waals surface area contributed by atoms with Crippen LogP contribution in [0.1, 0.15) is 156 Å². The van der Waals surface area contributed by atoms with Crippen LogP contribution < -0.4 is 0 Å². The van der Waals surface area contributed by atoms with E-state index < -0.39 is 97.5 Å². The molecule has 0 aliphatic rings. The molecule has 3 N–H and O–H groups in total. The number of phosphoric acid groups is 2. The lowest BCUT2D eigenvalue weighted by Crippen LogP contribution is -2.30. The summed E-state index contributed by atoms with van der Waals surface area (Å²) in [4.78, 5) is 67.9. The molecule has 17 nitrogen and oxygen atoms in total. The molecule has 0 aliphatic heterocycles. The SMILES string of the molecule is [CH2-]CC(=O)OC[C@H](COP(=O)(O)OC[C@@H](O)COP(=O)(O)OC[C@@H](COC(=O)CCC)OC(=O)CCC)OC(=O)CCCCCCCCCCCCCCCCC. The van der Waals surface area contributed by atoms with Crippen molar-refractivity contribution in [2.24, 2.45) is 0 Å². The number of carbonyl (C=O) groups excluding carboxylic acids is 4. The van der Waals surface area contributed by atoms with Gasteiger partial charge in [0.25, 0.3) is 5.97 Å². The summed E-state index contributed by atoms with van der Waals surface area (Å²) in [7, 11) is -9.77. The fourth-order valence-electron chi connectivity index (χ4n) is 5.12. The van der Waals surface area contributed by atoms with E-state index in [-0.39, 0.29) is 25.7 Å². The number of hydrogen-bond donors (Lipinski definition) is 3. The number of ether oxygens (including phenoxy) is 4. The van der Waals surface area contributed by atoms with E-state index in [2.05, 4.69) is 13.8 Å². The van der Waals surface area contributed by atoms with Gasteiger partial charge in [-0.2, -0.15) is 0 Å². The Labute approximate surface area is 339 Å². The van der Waals surface area contributed by atoms with E-state index in [1.54, 1.807) is 13.8 Å². The molecule has 0 radical (unpaired) electrons. The minimum absolute atomic E-state index is 0.0483. The van der Waals surface area contributed by atoms with Crippen LogP contribution in [-0.2, 0) is 65.4 Å². The summed E-state index contributed by atoms with van der Waals surface area (Å²) >= 11 is 0. The molecule has 0 saturated heterocycles. The Hall–Kier alpha value is -1.94. The molecular formula is C38H71O17P2-. The van der Waals surface area contributed by atoms with Crippen LogP contribution in [0.5, 0.6) is 0 Å². The average molecular weight is 862 g/mol. The van der Waals surface area contributed by atoms with E-state index in [4.69, 9.17) is 37.0 Å². The zero-order chi connectivity index (χ0) is 42.8. The van der Waals surface area contributed by atoms with E-state index in [0.717, 1.165) is 25.7 Å². The van der Waals surface area contributed by atoms with E-state index in [9.17, 15) is 43.2 Å². The van der Waals surface area contributed by atoms with E-state index >= 15 is 0 Å². The Morgan fingerprint density at radius 3 is 1.23 bits per heavy atom. The number of unbranched alkanes of at least 4 members (excludes halogenated alkanes) is 14. The molecule has 57 heavy (non-hydrogen) atoms. The second-order valence-electron chi connectivity index (χ2n) is 13.8. The van der Waals surface area contributed by atoms with Gasteiger partial charge in [-0.15, -0.1) is 0 Å². The van der Waals surface area contributed by atoms with Crippen LogP contribution in [0.15, 0.2) is 0 Å². The molecule has 5 atom stereocenters. The molecule has 0 spiro atoms. The predicted molar refractivity (Wildman–Crippen MR) is 210 cm³/mol. The summed E-state index contributed by atoms with van der Waals surface area (Å²) in [5.74, 6) is -2.51. The number of rotatable bonds is 39. The summed E-state index contributed by atoms with van der Waals surface area (Å²) in [5.41, 5.74) is 0. The Bertz CT molecular complexity index is 1170. The zero-order valence-corrected chi connectivity index (χ0v) is 36.3. The number of aliphatic hydroxyl groups excluding tert-OH is 1. The molecule has 0 amide bonds. The van der Waals surface area contributed by atoms with Crippen molar-refractivity contribution in [2.75, 3.05) is 39.6 Å². The molecule has 0 rings (SSSR count). The standard InChI is InChI=1S/C38H71O17P2/c1-5-9-10-11-12-13-14-15-16-17-18-19-20-21-22-25-38(43)55-33(28-48-35(40)8-4)30-52-56(44,45)50-26-32(39)27-51-57(46,47)53-31-34(54-37(42)24-7-3)29-49-36(41)23-6-2/h32-34,39H,4-31H2,1-3H3,(H,44,45)(H,46,47)/q-1/t32-,33-,34-/m1/s1. The third kappa shape index (κ3) is 34.6. The predicted octanol–water partition coefficient (Wildman–Crippen LogP) is 7.61. The fourth-order valence-corrected chi connectivity index (χ4v) is 6.70. The minimum atomic E-state index is -4.89. The first-order valence-electron chi connectivity index (χ1n) is 20.6. The van der Waals surface area contributed by atoms with Gasteiger partial charge in [0.05, 0.1) is 26.4 Å². The van der Waals surface area contributed by atoms with Gasteiger partial charge in [-0.25, -0.2) is 9.13 Å². The summed E-state index contributed by atoms with van der Waals surface area (Å²) in [6, 6.07) is 0. The maximum absolute atomic E-state index is 12.5. The molecule has 0 saturated carbocycles. The summed E-state index contributed by atoms with van der Waals surface area (Å²) in [6.07, 6.45) is 14.5. The Balaban J connectivity index is 4.62. The molecule has 0 aromatic heterocycles. The lowest BCUT2D eigenvalue weighted by Gasteiger charge is -2.21. The minimum Gasteiger partial charge on any atom is -0.464 e. The normalized spacial score (nSPS) is 15.1. The van der Waals surface area contributed by atoms with Crippen molar-refractivity contribution in [1.82, 2.24) is 0 Å². The monoisotopic (exact) mass is 861 g/mol. The zero-order valence-electron chi connectivity index (χ0n) is 34.5. The maximum atomic E-state index is 12.5. The smallest absolute Gasteiger partial charge is 0.464 e. The maximum Gasteiger partial charge on any atom is 0.472 e. The van der Waals surface area contributed by atoms with Gasteiger partial charge in [0, 0.05) is 19.3 Å². The summed E-state index contributed by atoms with van der Waals surface area (Å²) < 4.78 is 64.5. The van der Waals surface area contributed by atoms with Crippen molar-refractivity contribution in [2.45, 2.75) is 174 Å². The van der Waals surface area contributed by atoms with Crippen LogP contribution in [0.3, 0.4) is 0 Å². The number of hydrogen-bond acceptors (Lipinski definition) is 15. The number of aliphatic hydroxyl groups is 1. The van der Waals surface area contributed by atoms with Crippen molar-refractivity contribution in [1.29, 1.82) is 0 Å². The van der Waals surface area contributed by atoms with Crippen molar-refractivity contribution in [3.63, 3.8) is 0 Å². The van der Waals surface area contributed by atoms with Gasteiger partial charge in [-0.05, 0) is 19.3 Å². The summed E-state index contributed by atoms with van der Waals surface area (Å²) in [6.45, 7) is 5.03. The molecule has 0 aliphatic carbocycles. The van der Waals surface area contributed by atoms with Gasteiger partial charge in [0.15, 0.2) is 12.2 Å². The Morgan fingerprint density at radius 1 is 0.474 bits per heavy atom. The van der Waals surface area contributed by atoms with Gasteiger partial charge in [-0.1, -0.05) is 117 Å². The first-order chi connectivity index (χ1) is 27.2. The van der Waals surface area contributed by atoms with Gasteiger partial charge in [0.1, 0.15) is 19.3 Å². The first-order valence-corrected chi connectivity index (χ1v) is 23.6. The molecule has 0 bridgehead atoms. The van der Waals surface area contributed by atoms with Crippen LogP contribution in [0, 0.1) is 6.92 Å². The molecular weight excluding hydrogens is 790 g/mol. The molecule has 19 heteroatoms. The second-order valence-corrected chi connectivity index (χ2v) is 16.7. The lowest BCUT2D eigenvalue weighted by atomic mass is 10.0. The van der Waals surface area contributed by atoms with Crippen molar-refractivity contribution < 1.29 is 80.2 Å². The van der Waals surface area contributed by atoms with Crippen molar-refractivity contribution in [3.05, 3.63) is 6.92 Å². The molecule has 0 heterocycles. The highest BCUT2D eigenvalue weighted by Crippen LogP contribution is 2.45. The van der Waals surface area contributed by atoms with Crippen molar-refractivity contribution >= 4 is 39.5 Å². The fraction of sp³-hybridized carbons (Fsp3) is 0.868. The van der Waals surface area contributed by atoms with Gasteiger partial charge in [0.2, 0.25) is 0 Å². The molecule has 0 aromatic carbocycles. The lowest BCUT2D eigenvalue weighted by molar-refractivity contribution is -0.161. The number of carbonyl (C=O) groups is 4. The van der Waals surface area contributed by atoms with Crippen molar-refractivity contribution in [3.8, 4) is 0 Å². The van der Waals surface area contributed by atoms with E-state index in [0.29, 0.717) is 19.3 Å². The highest BCUT2D eigenvalue weighted by atomic mass is 31.2. The van der Waals surface area contributed by atoms with Crippen LogP contribution in [0.4, 0.5) is 0 Å². The Morgan fingerprint density at radius 2 is 0.825 bits per heavy atom. The Kier molecular flexibility index (Phi) is 33.7. The molecule has 0 aromatic rings. The highest BCUT2D eigenvalue weighted by Gasteiger charge is 2.30. The summed E-state index contributed by atoms with van der Waals surface area (Å²) in [5, 5.41) is 10.1. The van der Waals surface area contributed by atoms with Gasteiger partial charge >= 0.3 is 33.6 Å². The highest BCUT2D eigenvalue weighted by molar-refractivity contribution is 7.47. The second kappa shape index (κ2) is 34.9. The van der Waals surface area contributed by atoms with Crippen LogP contribution in [0.25, 0.3) is 0 Å². The van der Waals surface area contributed by atoms with Crippen LogP contribution >= 0.6 is 15.6 Å². The van der Waals surface area contributed by atoms with E-state index in [1.807, 2.05) is 0 Å². The number of phosphoric ester groups is 2. The quantitative estimate of drug-likeness (QED) is 0.0177. The number of esters is 4. The molecule has 336 valence electrons. The molecule has 0 fully saturated rings. The van der Waals surface area contributed by atoms with E-state index in [1.165, 1.54) is 64.2 Å². The van der Waals surface area contributed by atoms with Gasteiger partial charge in [-0.3, -0.25) is 37.3 Å². The van der Waals surface area contributed by atoms with Crippen LogP contribution in [-0.4, -0.2) is 96.7 Å². The first kappa shape index (κ1) is 55.1.